The van der Waals surface area contributed by atoms with Crippen LogP contribution in [0.25, 0.3) is 0 Å². The average molecular weight is 245 g/mol. The van der Waals surface area contributed by atoms with Crippen LogP contribution >= 0.6 is 0 Å². The van der Waals surface area contributed by atoms with E-state index in [0.29, 0.717) is 6.07 Å². The Bertz CT molecular complexity index is 455. The number of rotatable bonds is 3. The van der Waals surface area contributed by atoms with Crippen molar-refractivity contribution < 1.29 is 18.1 Å². The SMILES string of the molecule is C=CC(C)c1cc([N+](=O)[O-])cc(C(F)(F)F)c1. The first-order valence-electron chi connectivity index (χ1n) is 4.75. The standard InChI is InChI=1S/C11H10F3NO2/c1-3-7(2)8-4-9(11(12,13)14)6-10(5-8)15(16)17/h3-7H,1H2,2H3. The van der Waals surface area contributed by atoms with Gasteiger partial charge < -0.3 is 0 Å². The van der Waals surface area contributed by atoms with Crippen LogP contribution in [0, 0.1) is 10.1 Å². The Morgan fingerprint density at radius 2 is 2.00 bits per heavy atom. The first-order chi connectivity index (χ1) is 7.75. The number of non-ortho nitro benzene ring substituents is 1. The molecule has 1 aromatic carbocycles. The highest BCUT2D eigenvalue weighted by atomic mass is 19.4. The van der Waals surface area contributed by atoms with Crippen LogP contribution in [0.4, 0.5) is 18.9 Å². The number of allylic oxidation sites excluding steroid dienone is 1. The summed E-state index contributed by atoms with van der Waals surface area (Å²) in [5, 5.41) is 10.6. The fourth-order valence-electron chi connectivity index (χ4n) is 1.30. The summed E-state index contributed by atoms with van der Waals surface area (Å²) in [5.41, 5.74) is -1.36. The molecule has 1 aromatic rings. The van der Waals surface area contributed by atoms with Crippen molar-refractivity contribution in [2.45, 2.75) is 19.0 Å². The normalized spacial score (nSPS) is 13.2. The lowest BCUT2D eigenvalue weighted by Gasteiger charge is -2.11. The Labute approximate surface area is 95.7 Å². The molecule has 0 N–H and O–H groups in total. The van der Waals surface area contributed by atoms with E-state index in [1.807, 2.05) is 0 Å². The van der Waals surface area contributed by atoms with E-state index < -0.39 is 22.4 Å². The molecule has 3 nitrogen and oxygen atoms in total. The van der Waals surface area contributed by atoms with Crippen molar-refractivity contribution in [1.29, 1.82) is 0 Å². The highest BCUT2D eigenvalue weighted by molar-refractivity contribution is 5.42. The molecule has 92 valence electrons. The van der Waals surface area contributed by atoms with Gasteiger partial charge in [-0.2, -0.15) is 13.2 Å². The van der Waals surface area contributed by atoms with Crippen molar-refractivity contribution in [3.05, 3.63) is 52.1 Å². The number of nitro groups is 1. The summed E-state index contributed by atoms with van der Waals surface area (Å²) in [4.78, 5) is 9.72. The lowest BCUT2D eigenvalue weighted by molar-refractivity contribution is -0.385. The van der Waals surface area contributed by atoms with Crippen LogP contribution in [0.2, 0.25) is 0 Å². The Morgan fingerprint density at radius 3 is 2.41 bits per heavy atom. The quantitative estimate of drug-likeness (QED) is 0.460. The second-order valence-corrected chi connectivity index (χ2v) is 3.59. The first kappa shape index (κ1) is 13.2. The van der Waals surface area contributed by atoms with Gasteiger partial charge >= 0.3 is 6.18 Å². The Hall–Kier alpha value is -1.85. The monoisotopic (exact) mass is 245 g/mol. The van der Waals surface area contributed by atoms with E-state index in [2.05, 4.69) is 6.58 Å². The molecule has 0 amide bonds. The zero-order valence-corrected chi connectivity index (χ0v) is 8.99. The van der Waals surface area contributed by atoms with Gasteiger partial charge in [0.05, 0.1) is 10.5 Å². The van der Waals surface area contributed by atoms with Gasteiger partial charge in [-0.3, -0.25) is 10.1 Å². The summed E-state index contributed by atoms with van der Waals surface area (Å²) in [6.45, 7) is 5.07. The maximum Gasteiger partial charge on any atom is 0.416 e. The lowest BCUT2D eigenvalue weighted by atomic mass is 9.98. The first-order valence-corrected chi connectivity index (χ1v) is 4.75. The topological polar surface area (TPSA) is 43.1 Å². The van der Waals surface area contributed by atoms with Gasteiger partial charge in [0.1, 0.15) is 0 Å². The highest BCUT2D eigenvalue weighted by Gasteiger charge is 2.33. The zero-order chi connectivity index (χ0) is 13.2. The van der Waals surface area contributed by atoms with Gasteiger partial charge in [0, 0.05) is 12.1 Å². The van der Waals surface area contributed by atoms with Crippen LogP contribution in [0.15, 0.2) is 30.9 Å². The van der Waals surface area contributed by atoms with Gasteiger partial charge in [0.15, 0.2) is 0 Å². The van der Waals surface area contributed by atoms with Crippen LogP contribution in [0.1, 0.15) is 24.0 Å². The third-order valence-electron chi connectivity index (χ3n) is 2.36. The number of hydrogen-bond acceptors (Lipinski definition) is 2. The molecule has 0 aliphatic heterocycles. The van der Waals surface area contributed by atoms with E-state index >= 15 is 0 Å². The van der Waals surface area contributed by atoms with E-state index in [1.54, 1.807) is 6.92 Å². The molecule has 0 aromatic heterocycles. The van der Waals surface area contributed by atoms with Gasteiger partial charge in [-0.25, -0.2) is 0 Å². The molecule has 0 aliphatic rings. The number of benzene rings is 1. The molecule has 1 atom stereocenters. The predicted molar refractivity (Wildman–Crippen MR) is 56.7 cm³/mol. The maximum atomic E-state index is 12.5. The summed E-state index contributed by atoms with van der Waals surface area (Å²) in [7, 11) is 0. The molecule has 1 unspecified atom stereocenters. The molecule has 0 saturated carbocycles. The van der Waals surface area contributed by atoms with Gasteiger partial charge in [-0.15, -0.1) is 6.58 Å². The number of hydrogen-bond donors (Lipinski definition) is 0. The van der Waals surface area contributed by atoms with Crippen molar-refractivity contribution in [3.8, 4) is 0 Å². The Kier molecular flexibility index (Phi) is 3.55. The molecule has 6 heteroatoms. The Morgan fingerprint density at radius 1 is 1.41 bits per heavy atom. The predicted octanol–water partition coefficient (Wildman–Crippen LogP) is 3.90. The summed E-state index contributed by atoms with van der Waals surface area (Å²) >= 11 is 0. The number of nitrogens with zero attached hydrogens (tertiary/aromatic N) is 1. The molecule has 1 rings (SSSR count). The molecular formula is C11H10F3NO2. The minimum Gasteiger partial charge on any atom is -0.258 e. The number of nitro benzene ring substituents is 1. The van der Waals surface area contributed by atoms with E-state index in [9.17, 15) is 23.3 Å². The smallest absolute Gasteiger partial charge is 0.258 e. The minimum absolute atomic E-state index is 0.224. The summed E-state index contributed by atoms with van der Waals surface area (Å²) in [5.74, 6) is -0.379. The fraction of sp³-hybridized carbons (Fsp3) is 0.273. The molecule has 0 bridgehead atoms. The van der Waals surface area contributed by atoms with E-state index in [0.717, 1.165) is 12.1 Å². The molecule has 0 aliphatic carbocycles. The van der Waals surface area contributed by atoms with Crippen molar-refractivity contribution in [2.24, 2.45) is 0 Å². The van der Waals surface area contributed by atoms with Crippen LogP contribution in [0.5, 0.6) is 0 Å². The van der Waals surface area contributed by atoms with Gasteiger partial charge in [-0.1, -0.05) is 13.0 Å². The summed E-state index contributed by atoms with van der Waals surface area (Å²) in [6, 6.07) is 2.56. The second kappa shape index (κ2) is 4.57. The third kappa shape index (κ3) is 3.05. The van der Waals surface area contributed by atoms with Crippen LogP contribution in [-0.2, 0) is 6.18 Å². The van der Waals surface area contributed by atoms with E-state index in [1.165, 1.54) is 6.08 Å². The van der Waals surface area contributed by atoms with Crippen molar-refractivity contribution in [1.82, 2.24) is 0 Å². The minimum atomic E-state index is -4.60. The highest BCUT2D eigenvalue weighted by Crippen LogP contribution is 2.34. The number of alkyl halides is 3. The van der Waals surface area contributed by atoms with Gasteiger partial charge in [-0.05, 0) is 17.5 Å². The van der Waals surface area contributed by atoms with E-state index in [4.69, 9.17) is 0 Å². The van der Waals surface area contributed by atoms with Crippen molar-refractivity contribution in [2.75, 3.05) is 0 Å². The average Bonchev–Trinajstić information content (AvgIpc) is 2.26. The summed E-state index contributed by atoms with van der Waals surface area (Å²) < 4.78 is 37.6. The van der Waals surface area contributed by atoms with Crippen LogP contribution in [0.3, 0.4) is 0 Å². The fourth-order valence-corrected chi connectivity index (χ4v) is 1.30. The number of halogens is 3. The van der Waals surface area contributed by atoms with Crippen molar-refractivity contribution in [3.63, 3.8) is 0 Å². The Balaban J connectivity index is 3.38. The molecule has 0 spiro atoms. The molecular weight excluding hydrogens is 235 g/mol. The summed E-state index contributed by atoms with van der Waals surface area (Å²) in [6.07, 6.45) is -3.17. The van der Waals surface area contributed by atoms with Crippen LogP contribution < -0.4 is 0 Å². The third-order valence-corrected chi connectivity index (χ3v) is 2.36. The molecule has 0 saturated heterocycles. The van der Waals surface area contributed by atoms with Gasteiger partial charge in [0.25, 0.3) is 5.69 Å². The van der Waals surface area contributed by atoms with Gasteiger partial charge in [0.2, 0.25) is 0 Å². The molecule has 0 radical (unpaired) electrons. The lowest BCUT2D eigenvalue weighted by Crippen LogP contribution is -2.07. The zero-order valence-electron chi connectivity index (χ0n) is 8.99. The van der Waals surface area contributed by atoms with Crippen molar-refractivity contribution >= 4 is 5.69 Å². The molecule has 0 heterocycles. The van der Waals surface area contributed by atoms with E-state index in [-0.39, 0.29) is 11.5 Å². The maximum absolute atomic E-state index is 12.5. The largest absolute Gasteiger partial charge is 0.416 e. The second-order valence-electron chi connectivity index (χ2n) is 3.59. The molecule has 17 heavy (non-hydrogen) atoms. The van der Waals surface area contributed by atoms with Crippen LogP contribution in [-0.4, -0.2) is 4.92 Å². The molecule has 0 fully saturated rings.